The predicted molar refractivity (Wildman–Crippen MR) is 110 cm³/mol. The summed E-state index contributed by atoms with van der Waals surface area (Å²) in [6.45, 7) is 3.18. The number of amides is 1. The summed E-state index contributed by atoms with van der Waals surface area (Å²) in [4.78, 5) is 25.5. The molecule has 1 amide bonds. The van der Waals surface area contributed by atoms with Gasteiger partial charge in [-0.05, 0) is 50.3 Å². The minimum Gasteiger partial charge on any atom is -0.472 e. The van der Waals surface area contributed by atoms with Crippen LogP contribution < -0.4 is 4.74 Å². The van der Waals surface area contributed by atoms with Crippen molar-refractivity contribution in [2.45, 2.75) is 44.9 Å². The maximum atomic E-state index is 14.0. The molecule has 2 aliphatic rings. The monoisotopic (exact) mass is 422 g/mol. The second-order valence-corrected chi connectivity index (χ2v) is 8.20. The van der Waals surface area contributed by atoms with Crippen molar-refractivity contribution in [1.29, 1.82) is 0 Å². The zero-order valence-corrected chi connectivity index (χ0v) is 17.3. The van der Waals surface area contributed by atoms with Crippen molar-refractivity contribution < 1.29 is 13.9 Å². The Bertz CT molecular complexity index is 1090. The van der Waals surface area contributed by atoms with Gasteiger partial charge in [0, 0.05) is 18.0 Å². The predicted octanol–water partition coefficient (Wildman–Crippen LogP) is 2.69. The third kappa shape index (κ3) is 3.43. The summed E-state index contributed by atoms with van der Waals surface area (Å²) in [6.07, 6.45) is 5.99. The zero-order chi connectivity index (χ0) is 21.5. The molecule has 4 heterocycles. The van der Waals surface area contributed by atoms with Crippen LogP contribution >= 0.6 is 0 Å². The van der Waals surface area contributed by atoms with Gasteiger partial charge in [-0.2, -0.15) is 10.2 Å². The normalized spacial score (nSPS) is 24.5. The number of aromatic nitrogens is 5. The Morgan fingerprint density at radius 2 is 1.97 bits per heavy atom. The largest absolute Gasteiger partial charge is 0.472 e. The molecule has 3 aromatic rings. The summed E-state index contributed by atoms with van der Waals surface area (Å²) in [5.74, 6) is 0.240. The summed E-state index contributed by atoms with van der Waals surface area (Å²) < 4.78 is 20.2. The standard InChI is InChI=1S/C22H23FN6O2/c1-13-3-6-20(24-12-13)31-19-10-15-9-17(19)28(18(15)11-23)22(30)21-16(5-4-14(2)27-21)29-25-7-8-26-29/h3-8,12,15,17-19H,9-11H2,1-2H3. The fraction of sp³-hybridized carbons (Fsp3) is 0.409. The average molecular weight is 422 g/mol. The van der Waals surface area contributed by atoms with Crippen LogP contribution in [0, 0.1) is 19.8 Å². The van der Waals surface area contributed by atoms with Crippen LogP contribution in [-0.2, 0) is 0 Å². The van der Waals surface area contributed by atoms with Crippen molar-refractivity contribution in [3.63, 3.8) is 0 Å². The van der Waals surface area contributed by atoms with E-state index >= 15 is 0 Å². The van der Waals surface area contributed by atoms with Crippen molar-refractivity contribution in [2.75, 3.05) is 6.67 Å². The van der Waals surface area contributed by atoms with E-state index in [9.17, 15) is 9.18 Å². The van der Waals surface area contributed by atoms with Crippen LogP contribution in [0.1, 0.15) is 34.6 Å². The molecular formula is C22H23FN6O2. The molecule has 2 fully saturated rings. The number of halogens is 1. The number of rotatable bonds is 5. The highest BCUT2D eigenvalue weighted by atomic mass is 19.1. The van der Waals surface area contributed by atoms with Crippen molar-refractivity contribution in [3.05, 3.63) is 59.8 Å². The highest BCUT2D eigenvalue weighted by molar-refractivity contribution is 5.96. The zero-order valence-electron chi connectivity index (χ0n) is 17.3. The van der Waals surface area contributed by atoms with Gasteiger partial charge in [-0.15, -0.1) is 4.80 Å². The molecule has 1 saturated carbocycles. The lowest BCUT2D eigenvalue weighted by Gasteiger charge is -2.38. The van der Waals surface area contributed by atoms with Crippen molar-refractivity contribution in [3.8, 4) is 11.6 Å². The van der Waals surface area contributed by atoms with Gasteiger partial charge >= 0.3 is 0 Å². The van der Waals surface area contributed by atoms with Gasteiger partial charge in [0.2, 0.25) is 5.88 Å². The lowest BCUT2D eigenvalue weighted by molar-refractivity contribution is 0.0224. The summed E-state index contributed by atoms with van der Waals surface area (Å²) in [7, 11) is 0. The van der Waals surface area contributed by atoms with Gasteiger partial charge < -0.3 is 9.64 Å². The first-order chi connectivity index (χ1) is 15.0. The molecule has 9 heteroatoms. The number of hydrogen-bond acceptors (Lipinski definition) is 6. The second kappa shape index (κ2) is 7.72. The van der Waals surface area contributed by atoms with E-state index in [4.69, 9.17) is 4.74 Å². The van der Waals surface area contributed by atoms with E-state index in [0.717, 1.165) is 5.56 Å². The minimum absolute atomic E-state index is 0.0467. The summed E-state index contributed by atoms with van der Waals surface area (Å²) >= 11 is 0. The molecule has 1 aliphatic carbocycles. The highest BCUT2D eigenvalue weighted by Crippen LogP contribution is 2.45. The number of alkyl halides is 1. The summed E-state index contributed by atoms with van der Waals surface area (Å²) in [5.41, 5.74) is 2.42. The van der Waals surface area contributed by atoms with Crippen LogP contribution in [0.5, 0.6) is 5.88 Å². The first kappa shape index (κ1) is 19.6. The third-order valence-electron chi connectivity index (χ3n) is 6.17. The Labute approximate surface area is 179 Å². The van der Waals surface area contributed by atoms with E-state index in [2.05, 4.69) is 20.2 Å². The van der Waals surface area contributed by atoms with Crippen LogP contribution in [0.25, 0.3) is 5.69 Å². The number of likely N-dealkylation sites (tertiary alicyclic amines) is 1. The van der Waals surface area contributed by atoms with Gasteiger partial charge in [0.05, 0.1) is 24.5 Å². The number of hydrogen-bond donors (Lipinski definition) is 0. The molecule has 0 spiro atoms. The van der Waals surface area contributed by atoms with Gasteiger partial charge in [0.15, 0.2) is 5.69 Å². The first-order valence-corrected chi connectivity index (χ1v) is 10.4. The molecule has 160 valence electrons. The number of pyridine rings is 2. The Hall–Kier alpha value is -3.36. The van der Waals surface area contributed by atoms with E-state index < -0.39 is 12.7 Å². The molecule has 0 N–H and O–H groups in total. The van der Waals surface area contributed by atoms with Crippen molar-refractivity contribution >= 4 is 5.91 Å². The highest BCUT2D eigenvalue weighted by Gasteiger charge is 2.55. The van der Waals surface area contributed by atoms with E-state index in [0.29, 0.717) is 30.1 Å². The van der Waals surface area contributed by atoms with E-state index in [1.165, 1.54) is 17.2 Å². The van der Waals surface area contributed by atoms with Gasteiger partial charge in [-0.25, -0.2) is 14.4 Å². The molecule has 1 aliphatic heterocycles. The van der Waals surface area contributed by atoms with Crippen LogP contribution in [0.3, 0.4) is 0 Å². The molecule has 0 radical (unpaired) electrons. The molecule has 5 rings (SSSR count). The first-order valence-electron chi connectivity index (χ1n) is 10.4. The van der Waals surface area contributed by atoms with Gasteiger partial charge in [-0.1, -0.05) is 6.07 Å². The van der Waals surface area contributed by atoms with Gasteiger partial charge in [0.1, 0.15) is 18.5 Å². The number of piperidine rings is 1. The molecule has 3 aromatic heterocycles. The maximum absolute atomic E-state index is 14.0. The van der Waals surface area contributed by atoms with Crippen molar-refractivity contribution in [2.24, 2.45) is 5.92 Å². The van der Waals surface area contributed by atoms with E-state index in [1.807, 2.05) is 26.0 Å². The molecular weight excluding hydrogens is 399 g/mol. The Balaban J connectivity index is 1.47. The number of nitrogens with zero attached hydrogens (tertiary/aromatic N) is 6. The van der Waals surface area contributed by atoms with Crippen LogP contribution in [-0.4, -0.2) is 60.6 Å². The molecule has 8 nitrogen and oxygen atoms in total. The fourth-order valence-electron chi connectivity index (χ4n) is 4.73. The van der Waals surface area contributed by atoms with Gasteiger partial charge in [0.25, 0.3) is 5.91 Å². The Morgan fingerprint density at radius 3 is 2.68 bits per heavy atom. The van der Waals surface area contributed by atoms with E-state index in [-0.39, 0.29) is 29.7 Å². The van der Waals surface area contributed by atoms with E-state index in [1.54, 1.807) is 23.2 Å². The lowest BCUT2D eigenvalue weighted by atomic mass is 9.98. The molecule has 4 unspecified atom stereocenters. The van der Waals surface area contributed by atoms with Crippen LogP contribution in [0.15, 0.2) is 42.9 Å². The minimum atomic E-state index is -0.594. The van der Waals surface area contributed by atoms with Crippen LogP contribution in [0.4, 0.5) is 4.39 Å². The Kier molecular flexibility index (Phi) is 4.88. The number of ether oxygens (including phenoxy) is 1. The molecule has 31 heavy (non-hydrogen) atoms. The SMILES string of the molecule is Cc1ccc(OC2CC3CC2N(C(=O)c2nc(C)ccc2-n2nccn2)C3CF)nc1. The van der Waals surface area contributed by atoms with Crippen molar-refractivity contribution in [1.82, 2.24) is 29.9 Å². The lowest BCUT2D eigenvalue weighted by Crippen LogP contribution is -2.53. The molecule has 0 aromatic carbocycles. The number of carbonyl (C=O) groups excluding carboxylic acids is 1. The fourth-order valence-corrected chi connectivity index (χ4v) is 4.73. The topological polar surface area (TPSA) is 86.0 Å². The molecule has 4 atom stereocenters. The number of fused-ring (bicyclic) bond motifs is 2. The average Bonchev–Trinajstić information content (AvgIpc) is 3.51. The number of aryl methyl sites for hydroxylation is 2. The smallest absolute Gasteiger partial charge is 0.275 e. The van der Waals surface area contributed by atoms with Crippen LogP contribution in [0.2, 0.25) is 0 Å². The molecule has 1 saturated heterocycles. The molecule has 2 bridgehead atoms. The Morgan fingerprint density at radius 1 is 1.16 bits per heavy atom. The maximum Gasteiger partial charge on any atom is 0.275 e. The summed E-state index contributed by atoms with van der Waals surface area (Å²) in [5, 5.41) is 8.28. The third-order valence-corrected chi connectivity index (χ3v) is 6.17. The second-order valence-electron chi connectivity index (χ2n) is 8.20. The summed E-state index contributed by atoms with van der Waals surface area (Å²) in [6, 6.07) is 6.60. The number of carbonyl (C=O) groups is 1. The quantitative estimate of drug-likeness (QED) is 0.628. The van der Waals surface area contributed by atoms with Gasteiger partial charge in [-0.3, -0.25) is 4.79 Å².